The number of hydrogen-bond acceptors (Lipinski definition) is 4. The molecule has 5 heteroatoms. The maximum Gasteiger partial charge on any atom is 0.244 e. The Labute approximate surface area is 95.1 Å². The summed E-state index contributed by atoms with van der Waals surface area (Å²) in [6.45, 7) is 4.58. The number of hydrogen-bond donors (Lipinski definition) is 2. The summed E-state index contributed by atoms with van der Waals surface area (Å²) >= 11 is 4.07. The molecule has 0 fully saturated rings. The van der Waals surface area contributed by atoms with Crippen LogP contribution in [0.2, 0.25) is 0 Å². The van der Waals surface area contributed by atoms with Crippen molar-refractivity contribution in [3.8, 4) is 0 Å². The molecule has 1 N–H and O–H groups in total. The van der Waals surface area contributed by atoms with E-state index < -0.39 is 0 Å². The van der Waals surface area contributed by atoms with Crippen LogP contribution in [0.3, 0.4) is 0 Å². The summed E-state index contributed by atoms with van der Waals surface area (Å²) in [7, 11) is 5.22. The van der Waals surface area contributed by atoms with Gasteiger partial charge in [-0.15, -0.1) is 11.7 Å². The number of nitrogens with one attached hydrogen (secondary N) is 1. The van der Waals surface area contributed by atoms with Gasteiger partial charge in [-0.2, -0.15) is 0 Å². The molecule has 1 amide bonds. The molecule has 14 heavy (non-hydrogen) atoms. The Morgan fingerprint density at radius 2 is 2.14 bits per heavy atom. The van der Waals surface area contributed by atoms with Crippen LogP contribution in [0.5, 0.6) is 0 Å². The SMILES string of the molecule is CN(C)C/C=C/C(=O)NC(C)(C)SS. The first-order valence-corrected chi connectivity index (χ1v) is 6.20. The van der Waals surface area contributed by atoms with Crippen molar-refractivity contribution < 1.29 is 4.79 Å². The van der Waals surface area contributed by atoms with Crippen molar-refractivity contribution in [2.24, 2.45) is 0 Å². The first-order valence-electron chi connectivity index (χ1n) is 4.33. The summed E-state index contributed by atoms with van der Waals surface area (Å²) in [6, 6.07) is 0. The van der Waals surface area contributed by atoms with Gasteiger partial charge in [-0.05, 0) is 27.9 Å². The average Bonchev–Trinajstić information content (AvgIpc) is 2.02. The summed E-state index contributed by atoms with van der Waals surface area (Å²) in [5.74, 6) is -0.0848. The third-order valence-corrected chi connectivity index (χ3v) is 3.32. The van der Waals surface area contributed by atoms with Gasteiger partial charge in [0.25, 0.3) is 0 Å². The van der Waals surface area contributed by atoms with E-state index in [0.717, 1.165) is 6.54 Å². The Balaban J connectivity index is 3.92. The van der Waals surface area contributed by atoms with Crippen molar-refractivity contribution in [1.82, 2.24) is 10.2 Å². The summed E-state index contributed by atoms with van der Waals surface area (Å²) in [5.41, 5.74) is 0. The summed E-state index contributed by atoms with van der Waals surface area (Å²) in [6.07, 6.45) is 3.38. The fourth-order valence-electron chi connectivity index (χ4n) is 0.732. The molecule has 0 heterocycles. The van der Waals surface area contributed by atoms with Crippen LogP contribution >= 0.6 is 22.5 Å². The molecule has 0 aromatic carbocycles. The van der Waals surface area contributed by atoms with Crippen LogP contribution in [0.1, 0.15) is 13.8 Å². The topological polar surface area (TPSA) is 32.3 Å². The molecule has 0 aliphatic carbocycles. The number of amides is 1. The molecule has 82 valence electrons. The number of thiol groups is 1. The predicted octanol–water partition coefficient (Wildman–Crippen LogP) is 1.53. The fraction of sp³-hybridized carbons (Fsp3) is 0.667. The van der Waals surface area contributed by atoms with E-state index in [9.17, 15) is 4.79 Å². The largest absolute Gasteiger partial charge is 0.338 e. The Morgan fingerprint density at radius 1 is 1.57 bits per heavy atom. The van der Waals surface area contributed by atoms with Crippen molar-refractivity contribution in [1.29, 1.82) is 0 Å². The van der Waals surface area contributed by atoms with Gasteiger partial charge < -0.3 is 10.2 Å². The van der Waals surface area contributed by atoms with Crippen molar-refractivity contribution >= 4 is 28.4 Å². The van der Waals surface area contributed by atoms with Gasteiger partial charge in [-0.3, -0.25) is 4.79 Å². The molecule has 0 aliphatic rings. The second kappa shape index (κ2) is 6.37. The molecule has 0 saturated heterocycles. The van der Waals surface area contributed by atoms with Gasteiger partial charge in [0.1, 0.15) is 0 Å². The van der Waals surface area contributed by atoms with Crippen LogP contribution in [0.25, 0.3) is 0 Å². The molecule has 0 unspecified atom stereocenters. The van der Waals surface area contributed by atoms with Gasteiger partial charge in [-0.1, -0.05) is 16.9 Å². The van der Waals surface area contributed by atoms with Gasteiger partial charge >= 0.3 is 0 Å². The second-order valence-electron chi connectivity index (χ2n) is 3.76. The zero-order valence-electron chi connectivity index (χ0n) is 9.07. The van der Waals surface area contributed by atoms with E-state index in [1.165, 1.54) is 10.8 Å². The van der Waals surface area contributed by atoms with Crippen molar-refractivity contribution in [2.75, 3.05) is 20.6 Å². The van der Waals surface area contributed by atoms with Gasteiger partial charge in [0.15, 0.2) is 0 Å². The molecule has 0 saturated carbocycles. The first kappa shape index (κ1) is 13.9. The summed E-state index contributed by atoms with van der Waals surface area (Å²) < 4.78 is 0. The summed E-state index contributed by atoms with van der Waals surface area (Å²) in [5, 5.41) is 2.82. The van der Waals surface area contributed by atoms with E-state index >= 15 is 0 Å². The molecule has 0 spiro atoms. The van der Waals surface area contributed by atoms with Crippen LogP contribution in [0, 0.1) is 0 Å². The van der Waals surface area contributed by atoms with Gasteiger partial charge in [-0.25, -0.2) is 0 Å². The zero-order chi connectivity index (χ0) is 11.2. The van der Waals surface area contributed by atoms with Crippen LogP contribution in [-0.2, 0) is 4.79 Å². The molecule has 0 aromatic heterocycles. The van der Waals surface area contributed by atoms with E-state index in [-0.39, 0.29) is 10.8 Å². The second-order valence-corrected chi connectivity index (χ2v) is 5.51. The van der Waals surface area contributed by atoms with Gasteiger partial charge in [0.2, 0.25) is 5.91 Å². The number of carbonyl (C=O) groups is 1. The van der Waals surface area contributed by atoms with E-state index in [4.69, 9.17) is 0 Å². The molecule has 0 radical (unpaired) electrons. The lowest BCUT2D eigenvalue weighted by molar-refractivity contribution is -0.117. The quantitative estimate of drug-likeness (QED) is 0.327. The lowest BCUT2D eigenvalue weighted by Crippen LogP contribution is -2.38. The van der Waals surface area contributed by atoms with Crippen LogP contribution in [-0.4, -0.2) is 36.3 Å². The fourth-order valence-corrected chi connectivity index (χ4v) is 1.01. The standard InChI is InChI=1S/C9H18N2OS2/c1-9(2,14-13)10-8(12)6-5-7-11(3)4/h5-6,13H,7H2,1-4H3,(H,10,12)/b6-5+. The molecule has 0 aromatic rings. The molecule has 3 nitrogen and oxygen atoms in total. The minimum Gasteiger partial charge on any atom is -0.338 e. The Hall–Kier alpha value is -0.130. The first-order chi connectivity index (χ1) is 6.37. The van der Waals surface area contributed by atoms with E-state index in [0.29, 0.717) is 0 Å². The zero-order valence-corrected chi connectivity index (χ0v) is 10.8. The van der Waals surface area contributed by atoms with Crippen molar-refractivity contribution in [3.63, 3.8) is 0 Å². The van der Waals surface area contributed by atoms with E-state index in [1.807, 2.05) is 38.9 Å². The van der Waals surface area contributed by atoms with Crippen LogP contribution < -0.4 is 5.32 Å². The highest BCUT2D eigenvalue weighted by molar-refractivity contribution is 8.69. The number of likely N-dealkylation sites (N-methyl/N-ethyl adjacent to an activating group) is 1. The average molecular weight is 234 g/mol. The van der Waals surface area contributed by atoms with Crippen molar-refractivity contribution in [3.05, 3.63) is 12.2 Å². The highest BCUT2D eigenvalue weighted by atomic mass is 33.1. The number of carbonyl (C=O) groups excluding carboxylic acids is 1. The molecular formula is C9H18N2OS2. The third kappa shape index (κ3) is 7.29. The smallest absolute Gasteiger partial charge is 0.244 e. The van der Waals surface area contributed by atoms with Crippen LogP contribution in [0.15, 0.2) is 12.2 Å². The minimum absolute atomic E-state index is 0.0848. The molecular weight excluding hydrogens is 216 g/mol. The van der Waals surface area contributed by atoms with Crippen LogP contribution in [0.4, 0.5) is 0 Å². The van der Waals surface area contributed by atoms with Crippen molar-refractivity contribution in [2.45, 2.75) is 18.7 Å². The summed E-state index contributed by atoms with van der Waals surface area (Å²) in [4.78, 5) is 13.0. The lowest BCUT2D eigenvalue weighted by Gasteiger charge is -2.21. The normalized spacial score (nSPS) is 12.4. The van der Waals surface area contributed by atoms with Gasteiger partial charge in [0, 0.05) is 12.6 Å². The Morgan fingerprint density at radius 3 is 2.57 bits per heavy atom. The maximum absolute atomic E-state index is 11.3. The highest BCUT2D eigenvalue weighted by Gasteiger charge is 2.17. The molecule has 0 atom stereocenters. The highest BCUT2D eigenvalue weighted by Crippen LogP contribution is 2.23. The predicted molar refractivity (Wildman–Crippen MR) is 66.5 cm³/mol. The maximum atomic E-state index is 11.3. The monoisotopic (exact) mass is 234 g/mol. The molecule has 0 bridgehead atoms. The molecule has 0 rings (SSSR count). The van der Waals surface area contributed by atoms with E-state index in [2.05, 4.69) is 17.0 Å². The lowest BCUT2D eigenvalue weighted by atomic mass is 10.3. The Bertz CT molecular complexity index is 215. The molecule has 0 aliphatic heterocycles. The number of rotatable bonds is 5. The Kier molecular flexibility index (Phi) is 6.31. The number of nitrogens with zero attached hydrogens (tertiary/aromatic N) is 1. The minimum atomic E-state index is -0.331. The van der Waals surface area contributed by atoms with Gasteiger partial charge in [0.05, 0.1) is 4.87 Å². The van der Waals surface area contributed by atoms with E-state index in [1.54, 1.807) is 6.08 Å². The third-order valence-electron chi connectivity index (χ3n) is 1.39.